The van der Waals surface area contributed by atoms with Gasteiger partial charge in [0.1, 0.15) is 6.61 Å². The van der Waals surface area contributed by atoms with Crippen molar-refractivity contribution in [3.63, 3.8) is 0 Å². The molecule has 2 aromatic rings. The summed E-state index contributed by atoms with van der Waals surface area (Å²) in [5.41, 5.74) is 2.63. The van der Waals surface area contributed by atoms with Gasteiger partial charge in [0.15, 0.2) is 11.6 Å². The van der Waals surface area contributed by atoms with Crippen LogP contribution in [-0.4, -0.2) is 21.4 Å². The van der Waals surface area contributed by atoms with Crippen LogP contribution in [0.25, 0.3) is 11.4 Å². The summed E-state index contributed by atoms with van der Waals surface area (Å²) in [6.07, 6.45) is 0. The lowest BCUT2D eigenvalue weighted by Crippen LogP contribution is -2.17. The molecule has 1 aromatic heterocycles. The number of rotatable bonds is 1. The minimum atomic E-state index is 0.177. The monoisotopic (exact) mass is 257 g/mol. The zero-order valence-corrected chi connectivity index (χ0v) is 11.7. The fourth-order valence-corrected chi connectivity index (χ4v) is 2.33. The molecule has 0 spiro atoms. The van der Waals surface area contributed by atoms with Crippen molar-refractivity contribution < 1.29 is 4.74 Å². The highest BCUT2D eigenvalue weighted by Crippen LogP contribution is 2.26. The average molecular weight is 257 g/mol. The predicted octanol–water partition coefficient (Wildman–Crippen LogP) is 2.77. The Morgan fingerprint density at radius 1 is 1.11 bits per heavy atom. The van der Waals surface area contributed by atoms with E-state index in [0.717, 1.165) is 30.4 Å². The summed E-state index contributed by atoms with van der Waals surface area (Å²) < 4.78 is 7.53. The van der Waals surface area contributed by atoms with Crippen LogP contribution in [0.3, 0.4) is 0 Å². The molecule has 0 atom stereocenters. The normalized spacial score (nSPS) is 15.3. The van der Waals surface area contributed by atoms with E-state index in [2.05, 4.69) is 59.8 Å². The number of nitrogens with zero attached hydrogens (tertiary/aromatic N) is 3. The Morgan fingerprint density at radius 2 is 1.84 bits per heavy atom. The van der Waals surface area contributed by atoms with Crippen molar-refractivity contribution in [3.8, 4) is 11.4 Å². The molecule has 0 bridgehead atoms. The first-order chi connectivity index (χ1) is 9.05. The minimum Gasteiger partial charge on any atom is -0.372 e. The molecule has 0 aliphatic carbocycles. The van der Waals surface area contributed by atoms with Crippen molar-refractivity contribution in [1.82, 2.24) is 14.8 Å². The highest BCUT2D eigenvalue weighted by molar-refractivity contribution is 5.56. The Bertz CT molecular complexity index is 578. The van der Waals surface area contributed by atoms with Gasteiger partial charge in [-0.25, -0.2) is 0 Å². The van der Waals surface area contributed by atoms with Crippen molar-refractivity contribution >= 4 is 0 Å². The van der Waals surface area contributed by atoms with Crippen LogP contribution in [-0.2, 0) is 23.3 Å². The Labute approximate surface area is 113 Å². The van der Waals surface area contributed by atoms with Gasteiger partial charge < -0.3 is 9.30 Å². The summed E-state index contributed by atoms with van der Waals surface area (Å²) in [6, 6.07) is 8.62. The van der Waals surface area contributed by atoms with E-state index < -0.39 is 0 Å². The number of fused-ring (bicyclic) bond motifs is 1. The van der Waals surface area contributed by atoms with Gasteiger partial charge in [-0.2, -0.15) is 0 Å². The van der Waals surface area contributed by atoms with E-state index in [1.807, 2.05) is 0 Å². The zero-order chi connectivity index (χ0) is 13.5. The van der Waals surface area contributed by atoms with Gasteiger partial charge in [0.25, 0.3) is 0 Å². The topological polar surface area (TPSA) is 39.9 Å². The molecule has 1 aliphatic rings. The van der Waals surface area contributed by atoms with Crippen molar-refractivity contribution in [2.24, 2.45) is 0 Å². The highest BCUT2D eigenvalue weighted by atomic mass is 16.5. The number of hydrogen-bond acceptors (Lipinski definition) is 3. The molecule has 0 fully saturated rings. The number of hydrogen-bond donors (Lipinski definition) is 0. The van der Waals surface area contributed by atoms with Gasteiger partial charge in [-0.15, -0.1) is 10.2 Å². The molecule has 4 heteroatoms. The second-order valence-electron chi connectivity index (χ2n) is 5.97. The molecule has 2 heterocycles. The average Bonchev–Trinajstić information content (AvgIpc) is 2.82. The fraction of sp³-hybridized carbons (Fsp3) is 0.467. The fourth-order valence-electron chi connectivity index (χ4n) is 2.33. The van der Waals surface area contributed by atoms with Crippen LogP contribution in [0.2, 0.25) is 0 Å². The molecule has 19 heavy (non-hydrogen) atoms. The van der Waals surface area contributed by atoms with Gasteiger partial charge in [-0.05, 0) is 11.0 Å². The van der Waals surface area contributed by atoms with Crippen molar-refractivity contribution in [3.05, 3.63) is 35.7 Å². The lowest BCUT2D eigenvalue weighted by atomic mass is 9.87. The molecule has 0 amide bonds. The van der Waals surface area contributed by atoms with E-state index in [-0.39, 0.29) is 5.41 Å². The maximum Gasteiger partial charge on any atom is 0.164 e. The van der Waals surface area contributed by atoms with Crippen molar-refractivity contribution in [2.45, 2.75) is 39.3 Å². The van der Waals surface area contributed by atoms with E-state index >= 15 is 0 Å². The van der Waals surface area contributed by atoms with E-state index in [4.69, 9.17) is 4.74 Å². The second kappa shape index (κ2) is 4.46. The lowest BCUT2D eigenvalue weighted by molar-refractivity contribution is 0.0821. The summed E-state index contributed by atoms with van der Waals surface area (Å²) >= 11 is 0. The summed E-state index contributed by atoms with van der Waals surface area (Å²) in [6.45, 7) is 8.79. The number of benzene rings is 1. The maximum atomic E-state index is 5.39. The summed E-state index contributed by atoms with van der Waals surface area (Å²) in [5.74, 6) is 1.86. The molecule has 0 radical (unpaired) electrons. The summed E-state index contributed by atoms with van der Waals surface area (Å²) in [7, 11) is 0. The number of aromatic nitrogens is 3. The summed E-state index contributed by atoms with van der Waals surface area (Å²) in [4.78, 5) is 0. The third-order valence-electron chi connectivity index (χ3n) is 3.53. The molecule has 0 unspecified atom stereocenters. The van der Waals surface area contributed by atoms with Crippen molar-refractivity contribution in [1.29, 1.82) is 0 Å². The zero-order valence-electron chi connectivity index (χ0n) is 11.7. The van der Waals surface area contributed by atoms with Crippen LogP contribution in [0.5, 0.6) is 0 Å². The van der Waals surface area contributed by atoms with Crippen LogP contribution in [0.4, 0.5) is 0 Å². The van der Waals surface area contributed by atoms with Crippen LogP contribution in [0.15, 0.2) is 24.3 Å². The molecule has 1 aliphatic heterocycles. The van der Waals surface area contributed by atoms with E-state index in [0.29, 0.717) is 6.61 Å². The quantitative estimate of drug-likeness (QED) is 0.788. The first-order valence-corrected chi connectivity index (χ1v) is 6.66. The van der Waals surface area contributed by atoms with Gasteiger partial charge in [-0.1, -0.05) is 45.0 Å². The van der Waals surface area contributed by atoms with Crippen LogP contribution >= 0.6 is 0 Å². The minimum absolute atomic E-state index is 0.177. The van der Waals surface area contributed by atoms with Crippen LogP contribution < -0.4 is 0 Å². The highest BCUT2D eigenvalue weighted by Gasteiger charge is 2.18. The third kappa shape index (κ3) is 2.28. The van der Waals surface area contributed by atoms with E-state index in [1.54, 1.807) is 0 Å². The van der Waals surface area contributed by atoms with Gasteiger partial charge in [0.2, 0.25) is 0 Å². The molecule has 0 N–H and O–H groups in total. The SMILES string of the molecule is CC(C)(C)c1ccc(-c2nnc3n2CCOC3)cc1. The molecule has 4 nitrogen and oxygen atoms in total. The molecule has 0 saturated carbocycles. The Morgan fingerprint density at radius 3 is 2.53 bits per heavy atom. The van der Waals surface area contributed by atoms with Gasteiger partial charge in [0, 0.05) is 12.1 Å². The van der Waals surface area contributed by atoms with Gasteiger partial charge >= 0.3 is 0 Å². The first kappa shape index (κ1) is 12.4. The smallest absolute Gasteiger partial charge is 0.164 e. The van der Waals surface area contributed by atoms with Crippen LogP contribution in [0, 0.1) is 0 Å². The summed E-state index contributed by atoms with van der Waals surface area (Å²) in [5, 5.41) is 8.49. The standard InChI is InChI=1S/C15H19N3O/c1-15(2,3)12-6-4-11(5-7-12)14-17-16-13-10-19-9-8-18(13)14/h4-7H,8-10H2,1-3H3. The van der Waals surface area contributed by atoms with Crippen LogP contribution in [0.1, 0.15) is 32.2 Å². The van der Waals surface area contributed by atoms with Gasteiger partial charge in [-0.3, -0.25) is 0 Å². The lowest BCUT2D eigenvalue weighted by Gasteiger charge is -2.19. The van der Waals surface area contributed by atoms with E-state index in [1.165, 1.54) is 5.56 Å². The maximum absolute atomic E-state index is 5.39. The predicted molar refractivity (Wildman–Crippen MR) is 73.8 cm³/mol. The molecular weight excluding hydrogens is 238 g/mol. The first-order valence-electron chi connectivity index (χ1n) is 6.66. The van der Waals surface area contributed by atoms with E-state index in [9.17, 15) is 0 Å². The Balaban J connectivity index is 1.97. The number of ether oxygens (including phenoxy) is 1. The molecule has 100 valence electrons. The molecule has 0 saturated heterocycles. The molecular formula is C15H19N3O. The Hall–Kier alpha value is -1.68. The van der Waals surface area contributed by atoms with Gasteiger partial charge in [0.05, 0.1) is 6.61 Å². The molecule has 1 aromatic carbocycles. The third-order valence-corrected chi connectivity index (χ3v) is 3.53. The second-order valence-corrected chi connectivity index (χ2v) is 5.97. The molecule has 3 rings (SSSR count). The Kier molecular flexibility index (Phi) is 2.90. The van der Waals surface area contributed by atoms with Crippen molar-refractivity contribution in [2.75, 3.05) is 6.61 Å². The largest absolute Gasteiger partial charge is 0.372 e.